The van der Waals surface area contributed by atoms with E-state index < -0.39 is 0 Å². The maximum atomic E-state index is 11.2. The van der Waals surface area contributed by atoms with Crippen LogP contribution in [0.15, 0.2) is 66.8 Å². The molecule has 1 nitrogen and oxygen atoms in total. The maximum Gasteiger partial charge on any atom is 0.122 e. The molecule has 0 amide bonds. The van der Waals surface area contributed by atoms with Gasteiger partial charge in [-0.1, -0.05) is 122 Å². The van der Waals surface area contributed by atoms with E-state index in [0.717, 1.165) is 17.5 Å². The summed E-state index contributed by atoms with van der Waals surface area (Å²) in [4.78, 5) is 0. The third-order valence-corrected chi connectivity index (χ3v) is 5.77. The van der Waals surface area contributed by atoms with Gasteiger partial charge in [0.05, 0.1) is 0 Å². The van der Waals surface area contributed by atoms with Crippen molar-refractivity contribution < 1.29 is 5.11 Å². The Bertz CT molecular complexity index is 799. The number of hydrogen-bond acceptors (Lipinski definition) is 1. The van der Waals surface area contributed by atoms with Crippen molar-refractivity contribution in [2.45, 2.75) is 79.6 Å². The summed E-state index contributed by atoms with van der Waals surface area (Å²) in [7, 11) is 0. The Balaban J connectivity index is 0.00000106. The van der Waals surface area contributed by atoms with Gasteiger partial charge < -0.3 is 5.11 Å². The van der Waals surface area contributed by atoms with Crippen molar-refractivity contribution in [2.75, 3.05) is 0 Å². The van der Waals surface area contributed by atoms with Gasteiger partial charge in [0.1, 0.15) is 5.75 Å². The highest BCUT2D eigenvalue weighted by Gasteiger charge is 2.24. The van der Waals surface area contributed by atoms with E-state index in [1.54, 1.807) is 0 Å². The third-order valence-electron chi connectivity index (χ3n) is 5.77. The SMILES string of the molecule is CC.CC.CC(C)c1cc(C(C)c2ccccc2)c(O)c(C(C)C2C=CC=CC2)c1. The van der Waals surface area contributed by atoms with Crippen molar-refractivity contribution in [1.29, 1.82) is 0 Å². The van der Waals surface area contributed by atoms with Gasteiger partial charge in [-0.2, -0.15) is 0 Å². The van der Waals surface area contributed by atoms with Gasteiger partial charge in [-0.25, -0.2) is 0 Å². The van der Waals surface area contributed by atoms with Crippen molar-refractivity contribution in [3.8, 4) is 5.75 Å². The van der Waals surface area contributed by atoms with Crippen LogP contribution in [0.3, 0.4) is 0 Å². The van der Waals surface area contributed by atoms with Crippen LogP contribution >= 0.6 is 0 Å². The standard InChI is InChI=1S/C25H30O.2C2H6/c1-17(2)22-15-23(18(3)20-11-7-5-8-12-20)25(26)24(16-22)19(4)21-13-9-6-10-14-21;2*1-2/h5-13,15-19,21,26H,14H2,1-4H3;2*1-2H3. The van der Waals surface area contributed by atoms with Crippen molar-refractivity contribution >= 4 is 0 Å². The maximum absolute atomic E-state index is 11.2. The number of rotatable bonds is 5. The number of allylic oxidation sites excluding steroid dienone is 4. The Labute approximate surface area is 185 Å². The molecule has 2 aromatic rings. The van der Waals surface area contributed by atoms with Crippen LogP contribution in [0, 0.1) is 5.92 Å². The summed E-state index contributed by atoms with van der Waals surface area (Å²) < 4.78 is 0. The molecule has 0 radical (unpaired) electrons. The monoisotopic (exact) mass is 406 g/mol. The summed E-state index contributed by atoms with van der Waals surface area (Å²) in [5.74, 6) is 1.80. The molecule has 0 saturated heterocycles. The second-order valence-electron chi connectivity index (χ2n) is 7.84. The summed E-state index contributed by atoms with van der Waals surface area (Å²) in [6, 6.07) is 14.9. The van der Waals surface area contributed by atoms with Gasteiger partial charge in [-0.3, -0.25) is 0 Å². The quantitative estimate of drug-likeness (QED) is 0.525. The molecule has 2 aromatic carbocycles. The lowest BCUT2D eigenvalue weighted by Gasteiger charge is -2.26. The van der Waals surface area contributed by atoms with E-state index in [9.17, 15) is 5.11 Å². The van der Waals surface area contributed by atoms with E-state index in [0.29, 0.717) is 17.6 Å². The van der Waals surface area contributed by atoms with Crippen molar-refractivity contribution in [2.24, 2.45) is 5.92 Å². The second kappa shape index (κ2) is 13.1. The number of phenolic OH excluding ortho intramolecular Hbond substituents is 1. The Morgan fingerprint density at radius 1 is 0.800 bits per heavy atom. The third kappa shape index (κ3) is 6.36. The molecular weight excluding hydrogens is 364 g/mol. The first-order valence-corrected chi connectivity index (χ1v) is 11.7. The van der Waals surface area contributed by atoms with E-state index in [-0.39, 0.29) is 11.8 Å². The highest BCUT2D eigenvalue weighted by atomic mass is 16.3. The lowest BCUT2D eigenvalue weighted by atomic mass is 9.79. The lowest BCUT2D eigenvalue weighted by molar-refractivity contribution is 0.439. The Morgan fingerprint density at radius 2 is 1.40 bits per heavy atom. The van der Waals surface area contributed by atoms with Crippen molar-refractivity contribution in [1.82, 2.24) is 0 Å². The molecule has 1 N–H and O–H groups in total. The van der Waals surface area contributed by atoms with Crippen molar-refractivity contribution in [3.05, 3.63) is 89.0 Å². The summed E-state index contributed by atoms with van der Waals surface area (Å²) in [6.07, 6.45) is 9.76. The molecule has 0 spiro atoms. The minimum absolute atomic E-state index is 0.169. The van der Waals surface area contributed by atoms with Gasteiger partial charge >= 0.3 is 0 Å². The highest BCUT2D eigenvalue weighted by molar-refractivity contribution is 5.51. The molecule has 3 atom stereocenters. The summed E-state index contributed by atoms with van der Waals surface area (Å²) in [5, 5.41) is 11.2. The zero-order valence-electron chi connectivity index (χ0n) is 20.3. The van der Waals surface area contributed by atoms with Gasteiger partial charge in [-0.05, 0) is 40.9 Å². The molecule has 0 heterocycles. The average Bonchev–Trinajstić information content (AvgIpc) is 2.82. The lowest BCUT2D eigenvalue weighted by Crippen LogP contribution is -2.11. The molecule has 1 heteroatoms. The molecule has 3 unspecified atom stereocenters. The Kier molecular flexibility index (Phi) is 11.3. The molecule has 0 aromatic heterocycles. The first kappa shape index (κ1) is 25.8. The summed E-state index contributed by atoms with van der Waals surface area (Å²) in [5.41, 5.74) is 4.67. The number of aromatic hydroxyl groups is 1. The number of hydrogen-bond donors (Lipinski definition) is 1. The normalized spacial score (nSPS) is 16.8. The fourth-order valence-corrected chi connectivity index (χ4v) is 3.84. The van der Waals surface area contributed by atoms with Crippen LogP contribution in [0.4, 0.5) is 0 Å². The number of phenols is 1. The van der Waals surface area contributed by atoms with Crippen LogP contribution in [-0.2, 0) is 0 Å². The van der Waals surface area contributed by atoms with Crippen LogP contribution in [0.2, 0.25) is 0 Å². The largest absolute Gasteiger partial charge is 0.507 e. The van der Waals surface area contributed by atoms with E-state index >= 15 is 0 Å². The summed E-state index contributed by atoms with van der Waals surface area (Å²) >= 11 is 0. The molecule has 164 valence electrons. The molecule has 0 bridgehead atoms. The molecule has 0 fully saturated rings. The zero-order chi connectivity index (χ0) is 22.7. The van der Waals surface area contributed by atoms with Gasteiger partial charge in [-0.15, -0.1) is 0 Å². The number of benzene rings is 2. The minimum atomic E-state index is 0.169. The smallest absolute Gasteiger partial charge is 0.122 e. The molecule has 1 aliphatic carbocycles. The molecular formula is C29H42O. The van der Waals surface area contributed by atoms with Gasteiger partial charge in [0.25, 0.3) is 0 Å². The van der Waals surface area contributed by atoms with E-state index in [1.165, 1.54) is 11.1 Å². The molecule has 1 aliphatic rings. The van der Waals surface area contributed by atoms with Gasteiger partial charge in [0.15, 0.2) is 0 Å². The van der Waals surface area contributed by atoms with Gasteiger partial charge in [0.2, 0.25) is 0 Å². The molecule has 0 aliphatic heterocycles. The second-order valence-corrected chi connectivity index (χ2v) is 7.84. The Hall–Kier alpha value is -2.28. The van der Waals surface area contributed by atoms with Crippen LogP contribution in [0.5, 0.6) is 5.75 Å². The van der Waals surface area contributed by atoms with E-state index in [1.807, 2.05) is 33.8 Å². The molecule has 0 saturated carbocycles. The van der Waals surface area contributed by atoms with Crippen LogP contribution in [0.25, 0.3) is 0 Å². The van der Waals surface area contributed by atoms with Crippen LogP contribution < -0.4 is 0 Å². The average molecular weight is 407 g/mol. The first-order valence-electron chi connectivity index (χ1n) is 11.7. The zero-order valence-corrected chi connectivity index (χ0v) is 20.3. The van der Waals surface area contributed by atoms with Crippen LogP contribution in [-0.4, -0.2) is 5.11 Å². The summed E-state index contributed by atoms with van der Waals surface area (Å²) in [6.45, 7) is 16.9. The van der Waals surface area contributed by atoms with Crippen LogP contribution in [0.1, 0.15) is 102 Å². The minimum Gasteiger partial charge on any atom is -0.507 e. The Morgan fingerprint density at radius 3 is 1.93 bits per heavy atom. The van der Waals surface area contributed by atoms with E-state index in [2.05, 4.69) is 88.4 Å². The fraction of sp³-hybridized carbons (Fsp3) is 0.448. The topological polar surface area (TPSA) is 20.2 Å². The molecule has 30 heavy (non-hydrogen) atoms. The molecule has 3 rings (SSSR count). The highest BCUT2D eigenvalue weighted by Crippen LogP contribution is 2.42. The van der Waals surface area contributed by atoms with Crippen molar-refractivity contribution in [3.63, 3.8) is 0 Å². The predicted octanol–water partition coefficient (Wildman–Crippen LogP) is 8.96. The predicted molar refractivity (Wildman–Crippen MR) is 134 cm³/mol. The van der Waals surface area contributed by atoms with Gasteiger partial charge in [0, 0.05) is 11.5 Å². The fourth-order valence-electron chi connectivity index (χ4n) is 3.84. The van der Waals surface area contributed by atoms with E-state index in [4.69, 9.17) is 0 Å². The first-order chi connectivity index (χ1) is 14.5.